The molecule has 1 saturated heterocycles. The van der Waals surface area contributed by atoms with Crippen LogP contribution in [-0.4, -0.2) is 41.0 Å². The highest BCUT2D eigenvalue weighted by atomic mass is 35.5. The molecule has 0 saturated carbocycles. The van der Waals surface area contributed by atoms with Crippen LogP contribution in [0, 0.1) is 6.92 Å². The molecule has 1 aliphatic heterocycles. The highest BCUT2D eigenvalue weighted by molar-refractivity contribution is 7.24. The van der Waals surface area contributed by atoms with Gasteiger partial charge in [0, 0.05) is 24.8 Å². The van der Waals surface area contributed by atoms with Gasteiger partial charge in [0.25, 0.3) is 5.91 Å². The van der Waals surface area contributed by atoms with Crippen molar-refractivity contribution in [1.29, 1.82) is 0 Å². The largest absolute Gasteiger partial charge is 0.338 e. The molecule has 156 valence electrons. The van der Waals surface area contributed by atoms with E-state index in [1.54, 1.807) is 0 Å². The Kier molecular flexibility index (Phi) is 6.36. The topological polar surface area (TPSA) is 74.3 Å². The highest BCUT2D eigenvalue weighted by Crippen LogP contribution is 2.35. The summed E-state index contributed by atoms with van der Waals surface area (Å²) in [7, 11) is 0. The second-order valence-corrected chi connectivity index (χ2v) is 9.78. The monoisotopic (exact) mass is 460 g/mol. The molecule has 0 bridgehead atoms. The van der Waals surface area contributed by atoms with Crippen LogP contribution in [0.3, 0.4) is 0 Å². The number of amides is 3. The third-order valence-corrected chi connectivity index (χ3v) is 7.47. The first-order valence-electron chi connectivity index (χ1n) is 9.64. The number of hydrogen-bond donors (Lipinski definition) is 2. The Morgan fingerprint density at radius 1 is 1.10 bits per heavy atom. The number of benzene rings is 1. The average molecular weight is 461 g/mol. The van der Waals surface area contributed by atoms with E-state index in [1.165, 1.54) is 22.7 Å². The molecule has 0 radical (unpaired) electrons. The van der Waals surface area contributed by atoms with E-state index in [2.05, 4.69) is 15.6 Å². The smallest absolute Gasteiger partial charge is 0.319 e. The van der Waals surface area contributed by atoms with Crippen LogP contribution in [-0.2, 0) is 0 Å². The van der Waals surface area contributed by atoms with Crippen LogP contribution in [0.5, 0.6) is 0 Å². The molecule has 0 atom stereocenters. The number of likely N-dealkylation sites (tertiary alicyclic amines) is 1. The lowest BCUT2D eigenvalue weighted by Crippen LogP contribution is -2.47. The van der Waals surface area contributed by atoms with Crippen LogP contribution < -0.4 is 10.6 Å². The van der Waals surface area contributed by atoms with Crippen molar-refractivity contribution in [3.8, 4) is 9.88 Å². The van der Waals surface area contributed by atoms with Crippen LogP contribution in [0.25, 0.3) is 9.88 Å². The van der Waals surface area contributed by atoms with E-state index in [-0.39, 0.29) is 18.0 Å². The summed E-state index contributed by atoms with van der Waals surface area (Å²) in [5.74, 6) is 0.00564. The summed E-state index contributed by atoms with van der Waals surface area (Å²) in [5, 5.41) is 6.65. The molecule has 2 N–H and O–H groups in total. The molecule has 1 aliphatic rings. The number of nitrogens with one attached hydrogen (secondary N) is 2. The first-order valence-corrected chi connectivity index (χ1v) is 11.7. The van der Waals surface area contributed by atoms with Gasteiger partial charge in [-0.3, -0.25) is 4.79 Å². The summed E-state index contributed by atoms with van der Waals surface area (Å²) in [5.41, 5.74) is 1.50. The van der Waals surface area contributed by atoms with Crippen LogP contribution in [0.1, 0.15) is 28.2 Å². The van der Waals surface area contributed by atoms with Gasteiger partial charge in [0.05, 0.1) is 14.9 Å². The summed E-state index contributed by atoms with van der Waals surface area (Å²) in [4.78, 5) is 33.2. The summed E-state index contributed by atoms with van der Waals surface area (Å²) in [6, 6.07) is 12.9. The lowest BCUT2D eigenvalue weighted by atomic mass is 10.0. The van der Waals surface area contributed by atoms with Gasteiger partial charge in [-0.05, 0) is 44.0 Å². The van der Waals surface area contributed by atoms with Gasteiger partial charge in [0.1, 0.15) is 9.88 Å². The molecular weight excluding hydrogens is 440 g/mol. The Bertz CT molecular complexity index is 1040. The number of carbonyl (C=O) groups excluding carboxylic acids is 2. The van der Waals surface area contributed by atoms with Gasteiger partial charge in [0.2, 0.25) is 0 Å². The van der Waals surface area contributed by atoms with Gasteiger partial charge in [-0.15, -0.1) is 22.7 Å². The van der Waals surface area contributed by atoms with Crippen molar-refractivity contribution in [3.05, 3.63) is 57.4 Å². The SMILES string of the molecule is Cc1nc(-c2ccc(Cl)s2)sc1C(=O)N1CCC(NC(=O)Nc2ccccc2)CC1. The molecule has 3 aromatic rings. The Morgan fingerprint density at radius 3 is 2.50 bits per heavy atom. The summed E-state index contributed by atoms with van der Waals surface area (Å²) >= 11 is 8.89. The zero-order valence-electron chi connectivity index (χ0n) is 16.4. The summed E-state index contributed by atoms with van der Waals surface area (Å²) in [6.07, 6.45) is 1.44. The van der Waals surface area contributed by atoms with Crippen LogP contribution in [0.2, 0.25) is 4.34 Å². The number of thiophene rings is 1. The Balaban J connectivity index is 1.32. The molecule has 3 amide bonds. The minimum Gasteiger partial charge on any atom is -0.338 e. The van der Waals surface area contributed by atoms with Crippen molar-refractivity contribution in [2.75, 3.05) is 18.4 Å². The molecule has 0 aliphatic carbocycles. The maximum Gasteiger partial charge on any atom is 0.319 e. The molecular formula is C21H21ClN4O2S2. The van der Waals surface area contributed by atoms with E-state index in [9.17, 15) is 9.59 Å². The lowest BCUT2D eigenvalue weighted by Gasteiger charge is -2.32. The van der Waals surface area contributed by atoms with Crippen molar-refractivity contribution < 1.29 is 9.59 Å². The molecule has 6 nitrogen and oxygen atoms in total. The number of rotatable bonds is 4. The number of anilines is 1. The number of halogens is 1. The standard InChI is InChI=1S/C21H21ClN4O2S2/c1-13-18(30-19(23-13)16-7-8-17(22)29-16)20(27)26-11-9-15(10-12-26)25-21(28)24-14-5-3-2-4-6-14/h2-8,15H,9-12H2,1H3,(H2,24,25,28). The van der Waals surface area contributed by atoms with Gasteiger partial charge in [-0.2, -0.15) is 0 Å². The number of nitrogens with zero attached hydrogens (tertiary/aromatic N) is 2. The third-order valence-electron chi connectivity index (χ3n) is 4.92. The maximum atomic E-state index is 13.0. The van der Waals surface area contributed by atoms with E-state index in [0.29, 0.717) is 22.3 Å². The number of aromatic nitrogens is 1. The van der Waals surface area contributed by atoms with Gasteiger partial charge in [0.15, 0.2) is 0 Å². The molecule has 0 unspecified atom stereocenters. The number of hydrogen-bond acceptors (Lipinski definition) is 5. The zero-order chi connectivity index (χ0) is 21.1. The third kappa shape index (κ3) is 4.83. The predicted octanol–water partition coefficient (Wildman–Crippen LogP) is 5.26. The van der Waals surface area contributed by atoms with Gasteiger partial charge < -0.3 is 15.5 Å². The van der Waals surface area contributed by atoms with E-state index < -0.39 is 0 Å². The number of urea groups is 1. The fourth-order valence-electron chi connectivity index (χ4n) is 3.37. The average Bonchev–Trinajstić information content (AvgIpc) is 3.34. The Morgan fingerprint density at radius 2 is 1.83 bits per heavy atom. The van der Waals surface area contributed by atoms with E-state index in [1.807, 2.05) is 54.3 Å². The molecule has 4 rings (SSSR count). The zero-order valence-corrected chi connectivity index (χ0v) is 18.7. The summed E-state index contributed by atoms with van der Waals surface area (Å²) < 4.78 is 0.705. The molecule has 2 aromatic heterocycles. The summed E-state index contributed by atoms with van der Waals surface area (Å²) in [6.45, 7) is 3.07. The predicted molar refractivity (Wildman–Crippen MR) is 123 cm³/mol. The molecule has 1 aromatic carbocycles. The molecule has 30 heavy (non-hydrogen) atoms. The van der Waals surface area contributed by atoms with Gasteiger partial charge in [-0.1, -0.05) is 29.8 Å². The van der Waals surface area contributed by atoms with Crippen molar-refractivity contribution >= 4 is 51.9 Å². The Hall–Kier alpha value is -2.42. The van der Waals surface area contributed by atoms with Crippen LogP contribution >= 0.6 is 34.3 Å². The van der Waals surface area contributed by atoms with Crippen LogP contribution in [0.15, 0.2) is 42.5 Å². The normalized spacial score (nSPS) is 14.5. The lowest BCUT2D eigenvalue weighted by molar-refractivity contribution is 0.0713. The first kappa shape index (κ1) is 20.8. The van der Waals surface area contributed by atoms with Crippen molar-refractivity contribution in [2.45, 2.75) is 25.8 Å². The van der Waals surface area contributed by atoms with Gasteiger partial charge >= 0.3 is 6.03 Å². The Labute approximate surface area is 187 Å². The molecule has 1 fully saturated rings. The fraction of sp³-hybridized carbons (Fsp3) is 0.286. The van der Waals surface area contributed by atoms with Crippen LogP contribution in [0.4, 0.5) is 10.5 Å². The number of piperidine rings is 1. The first-order chi connectivity index (χ1) is 14.5. The number of carbonyl (C=O) groups is 2. The number of aryl methyl sites for hydroxylation is 1. The maximum absolute atomic E-state index is 13.0. The molecule has 9 heteroatoms. The van der Waals surface area contributed by atoms with E-state index in [4.69, 9.17) is 11.6 Å². The highest BCUT2D eigenvalue weighted by Gasteiger charge is 2.27. The quantitative estimate of drug-likeness (QED) is 0.557. The van der Waals surface area contributed by atoms with Gasteiger partial charge in [-0.25, -0.2) is 9.78 Å². The molecule has 3 heterocycles. The van der Waals surface area contributed by atoms with E-state index >= 15 is 0 Å². The van der Waals surface area contributed by atoms with Crippen molar-refractivity contribution in [1.82, 2.24) is 15.2 Å². The number of para-hydroxylation sites is 1. The number of thiazole rings is 1. The van der Waals surface area contributed by atoms with E-state index in [0.717, 1.165) is 34.1 Å². The minimum atomic E-state index is -0.219. The second kappa shape index (κ2) is 9.16. The van der Waals surface area contributed by atoms with Crippen molar-refractivity contribution in [3.63, 3.8) is 0 Å². The van der Waals surface area contributed by atoms with Crippen molar-refractivity contribution in [2.24, 2.45) is 0 Å². The molecule has 0 spiro atoms. The minimum absolute atomic E-state index is 0.00564. The fourth-order valence-corrected chi connectivity index (χ4v) is 5.51. The second-order valence-electron chi connectivity index (χ2n) is 7.07.